The molecule has 0 unspecified atom stereocenters. The van der Waals surface area contributed by atoms with Crippen LogP contribution in [0.3, 0.4) is 0 Å². The number of aromatic amines is 1. The van der Waals surface area contributed by atoms with E-state index >= 15 is 0 Å². The topological polar surface area (TPSA) is 89.8 Å². The Bertz CT molecular complexity index is 1620. The Morgan fingerprint density at radius 3 is 2.69 bits per heavy atom. The van der Waals surface area contributed by atoms with Gasteiger partial charge in [-0.15, -0.1) is 11.3 Å². The fourth-order valence-electron chi connectivity index (χ4n) is 3.92. The number of thiophene rings is 1. The molecule has 0 aliphatic carbocycles. The smallest absolute Gasteiger partial charge is 0.255 e. The first-order chi connectivity index (χ1) is 17.0. The number of pyridine rings is 2. The summed E-state index contributed by atoms with van der Waals surface area (Å²) in [4.78, 5) is 45.6. The molecule has 0 fully saturated rings. The van der Waals surface area contributed by atoms with Crippen LogP contribution < -0.4 is 11.1 Å². The summed E-state index contributed by atoms with van der Waals surface area (Å²) in [5.74, 6) is 0.115. The van der Waals surface area contributed by atoms with Crippen LogP contribution in [0.5, 0.6) is 0 Å². The van der Waals surface area contributed by atoms with Crippen LogP contribution in [0.1, 0.15) is 26.7 Å². The Labute approximate surface area is 205 Å². The predicted octanol–water partition coefficient (Wildman–Crippen LogP) is 4.56. The number of aryl methyl sites for hydroxylation is 2. The van der Waals surface area contributed by atoms with Gasteiger partial charge in [0.25, 0.3) is 5.56 Å². The first-order valence-electron chi connectivity index (χ1n) is 11.1. The molecule has 0 amide bonds. The third-order valence-electron chi connectivity index (χ3n) is 5.71. The van der Waals surface area contributed by atoms with Crippen molar-refractivity contribution in [1.82, 2.24) is 19.1 Å². The minimum Gasteiger partial charge on any atom is -0.328 e. The lowest BCUT2D eigenvalue weighted by atomic mass is 10.0. The molecule has 0 saturated carbocycles. The van der Waals surface area contributed by atoms with E-state index in [4.69, 9.17) is 0 Å². The largest absolute Gasteiger partial charge is 0.328 e. The van der Waals surface area contributed by atoms with E-state index in [-0.39, 0.29) is 16.9 Å². The molecular weight excluding hydrogens is 460 g/mol. The van der Waals surface area contributed by atoms with E-state index < -0.39 is 0 Å². The van der Waals surface area contributed by atoms with Gasteiger partial charge in [0.15, 0.2) is 5.78 Å². The summed E-state index contributed by atoms with van der Waals surface area (Å²) >= 11 is 1.51. The number of hydrogen-bond acceptors (Lipinski definition) is 5. The van der Waals surface area contributed by atoms with Gasteiger partial charge in [0, 0.05) is 58.8 Å². The molecule has 5 rings (SSSR count). The second kappa shape index (κ2) is 9.52. The number of carbonyl (C=O) groups excluding carboxylic acids is 1. The predicted molar refractivity (Wildman–Crippen MR) is 137 cm³/mol. The van der Waals surface area contributed by atoms with Crippen molar-refractivity contribution in [2.45, 2.75) is 19.8 Å². The molecule has 5 aromatic rings. The third-order valence-corrected chi connectivity index (χ3v) is 6.76. The SMILES string of the molecule is Cc1ccc(C(=O)CCc2cn(-c3ccc(-n4ccccc4=O)cc3-c3ccc(=O)[nH]c3)cn2)s1. The zero-order valence-corrected chi connectivity index (χ0v) is 19.8. The van der Waals surface area contributed by atoms with Crippen LogP contribution in [-0.2, 0) is 6.42 Å². The zero-order valence-electron chi connectivity index (χ0n) is 19.0. The van der Waals surface area contributed by atoms with E-state index in [2.05, 4.69) is 9.97 Å². The molecule has 1 N–H and O–H groups in total. The van der Waals surface area contributed by atoms with E-state index in [0.717, 1.165) is 32.3 Å². The van der Waals surface area contributed by atoms with E-state index in [1.807, 2.05) is 48.0 Å². The fourth-order valence-corrected chi connectivity index (χ4v) is 4.76. The van der Waals surface area contributed by atoms with E-state index in [1.54, 1.807) is 41.5 Å². The second-order valence-electron chi connectivity index (χ2n) is 8.16. The van der Waals surface area contributed by atoms with Gasteiger partial charge in [0.2, 0.25) is 5.56 Å². The zero-order chi connectivity index (χ0) is 24.4. The van der Waals surface area contributed by atoms with Crippen LogP contribution in [0.4, 0.5) is 0 Å². The lowest BCUT2D eigenvalue weighted by molar-refractivity contribution is 0.0986. The van der Waals surface area contributed by atoms with Crippen molar-refractivity contribution in [1.29, 1.82) is 0 Å². The second-order valence-corrected chi connectivity index (χ2v) is 9.45. The van der Waals surface area contributed by atoms with Gasteiger partial charge >= 0.3 is 0 Å². The summed E-state index contributed by atoms with van der Waals surface area (Å²) in [7, 11) is 0. The van der Waals surface area contributed by atoms with Crippen LogP contribution in [0.15, 0.2) is 95.2 Å². The molecule has 0 aliphatic heterocycles. The summed E-state index contributed by atoms with van der Waals surface area (Å²) in [5, 5.41) is 0. The number of ketones is 1. The normalized spacial score (nSPS) is 11.0. The Morgan fingerprint density at radius 1 is 1.06 bits per heavy atom. The number of hydrogen-bond donors (Lipinski definition) is 1. The van der Waals surface area contributed by atoms with Gasteiger partial charge in [0.05, 0.1) is 22.6 Å². The average molecular weight is 483 g/mol. The van der Waals surface area contributed by atoms with Crippen molar-refractivity contribution in [3.8, 4) is 22.5 Å². The quantitative estimate of drug-likeness (QED) is 0.344. The monoisotopic (exact) mass is 482 g/mol. The van der Waals surface area contributed by atoms with E-state index in [1.165, 1.54) is 23.5 Å². The number of carbonyl (C=O) groups is 1. The van der Waals surface area contributed by atoms with Crippen LogP contribution in [0, 0.1) is 6.92 Å². The summed E-state index contributed by atoms with van der Waals surface area (Å²) in [6.07, 6.45) is 7.92. The maximum atomic E-state index is 12.5. The molecule has 0 aliphatic rings. The van der Waals surface area contributed by atoms with Crippen LogP contribution in [-0.4, -0.2) is 24.9 Å². The maximum absolute atomic E-state index is 12.5. The number of imidazole rings is 1. The van der Waals surface area contributed by atoms with Gasteiger partial charge in [-0.2, -0.15) is 0 Å². The lowest BCUT2D eigenvalue weighted by Crippen LogP contribution is -2.15. The number of nitrogens with zero attached hydrogens (tertiary/aromatic N) is 3. The summed E-state index contributed by atoms with van der Waals surface area (Å²) in [6.45, 7) is 1.99. The summed E-state index contributed by atoms with van der Waals surface area (Å²) < 4.78 is 3.46. The van der Waals surface area contributed by atoms with Crippen molar-refractivity contribution in [2.75, 3.05) is 0 Å². The number of aromatic nitrogens is 4. The molecule has 174 valence electrons. The van der Waals surface area contributed by atoms with Crippen molar-refractivity contribution < 1.29 is 4.79 Å². The highest BCUT2D eigenvalue weighted by Gasteiger charge is 2.13. The number of nitrogens with one attached hydrogen (secondary N) is 1. The van der Waals surface area contributed by atoms with Crippen molar-refractivity contribution >= 4 is 17.1 Å². The number of benzene rings is 1. The highest BCUT2D eigenvalue weighted by atomic mass is 32.1. The summed E-state index contributed by atoms with van der Waals surface area (Å²) in [6, 6.07) is 17.8. The molecule has 4 aromatic heterocycles. The first-order valence-corrected chi connectivity index (χ1v) is 11.9. The Hall–Kier alpha value is -4.30. The Balaban J connectivity index is 1.48. The molecule has 35 heavy (non-hydrogen) atoms. The number of H-pyrrole nitrogens is 1. The number of rotatable bonds is 7. The van der Waals surface area contributed by atoms with Gasteiger partial charge in [-0.05, 0) is 55.8 Å². The highest BCUT2D eigenvalue weighted by Crippen LogP contribution is 2.29. The van der Waals surface area contributed by atoms with Gasteiger partial charge in [-0.3, -0.25) is 19.0 Å². The highest BCUT2D eigenvalue weighted by molar-refractivity contribution is 7.14. The Morgan fingerprint density at radius 2 is 1.94 bits per heavy atom. The lowest BCUT2D eigenvalue weighted by Gasteiger charge is -2.14. The molecular formula is C27H22N4O3S. The standard InChI is InChI=1S/C27H22N4O3S/c1-18-5-11-25(35-18)24(32)10-7-20-16-30(17-29-20)23-9-8-21(31-13-3-2-4-27(31)34)14-22(23)19-6-12-26(33)28-15-19/h2-6,8-9,11-17H,7,10H2,1H3,(H,28,33). The van der Waals surface area contributed by atoms with Crippen molar-refractivity contribution in [3.05, 3.63) is 122 Å². The summed E-state index contributed by atoms with van der Waals surface area (Å²) in [5.41, 5.74) is 3.64. The molecule has 8 heteroatoms. The Kier molecular flexibility index (Phi) is 6.12. The minimum absolute atomic E-state index is 0.115. The molecule has 1 aromatic carbocycles. The molecule has 0 atom stereocenters. The van der Waals surface area contributed by atoms with Gasteiger partial charge in [0.1, 0.15) is 0 Å². The van der Waals surface area contributed by atoms with Gasteiger partial charge < -0.3 is 9.55 Å². The third kappa shape index (κ3) is 4.83. The molecule has 7 nitrogen and oxygen atoms in total. The van der Waals surface area contributed by atoms with Gasteiger partial charge in [-0.1, -0.05) is 6.07 Å². The fraction of sp³-hybridized carbons (Fsp3) is 0.111. The molecule has 0 spiro atoms. The van der Waals surface area contributed by atoms with Crippen molar-refractivity contribution in [3.63, 3.8) is 0 Å². The number of Topliss-reactive ketones (excluding diaryl/α,β-unsaturated/α-hetero) is 1. The average Bonchev–Trinajstić information content (AvgIpc) is 3.52. The van der Waals surface area contributed by atoms with Crippen LogP contribution >= 0.6 is 11.3 Å². The minimum atomic E-state index is -0.193. The first kappa shape index (κ1) is 22.5. The van der Waals surface area contributed by atoms with Gasteiger partial charge in [-0.25, -0.2) is 4.98 Å². The van der Waals surface area contributed by atoms with E-state index in [0.29, 0.717) is 18.5 Å². The van der Waals surface area contributed by atoms with Crippen molar-refractivity contribution in [2.24, 2.45) is 0 Å². The maximum Gasteiger partial charge on any atom is 0.255 e. The van der Waals surface area contributed by atoms with E-state index in [9.17, 15) is 14.4 Å². The van der Waals surface area contributed by atoms with Crippen LogP contribution in [0.2, 0.25) is 0 Å². The molecule has 0 radical (unpaired) electrons. The molecule has 4 heterocycles. The molecule has 0 bridgehead atoms. The molecule has 0 saturated heterocycles. The van der Waals surface area contributed by atoms with Crippen LogP contribution in [0.25, 0.3) is 22.5 Å².